The first kappa shape index (κ1) is 10.2. The van der Waals surface area contributed by atoms with E-state index in [4.69, 9.17) is 17.3 Å². The number of nitrogens with zero attached hydrogens (tertiary/aromatic N) is 3. The highest BCUT2D eigenvalue weighted by Crippen LogP contribution is 2.26. The van der Waals surface area contributed by atoms with Crippen LogP contribution in [0.15, 0.2) is 0 Å². The van der Waals surface area contributed by atoms with Gasteiger partial charge in [0, 0.05) is 13.1 Å². The number of aldehydes is 1. The van der Waals surface area contributed by atoms with Crippen molar-refractivity contribution in [2.24, 2.45) is 0 Å². The molecule has 1 saturated heterocycles. The first-order valence-corrected chi connectivity index (χ1v) is 5.13. The number of aromatic nitrogens is 2. The summed E-state index contributed by atoms with van der Waals surface area (Å²) in [6.07, 6.45) is 2.87. The Morgan fingerprint density at radius 2 is 2.00 bits per heavy atom. The minimum Gasteiger partial charge on any atom is -0.368 e. The fourth-order valence-corrected chi connectivity index (χ4v) is 1.93. The zero-order valence-electron chi connectivity index (χ0n) is 8.11. The summed E-state index contributed by atoms with van der Waals surface area (Å²) in [4.78, 5) is 20.7. The number of rotatable bonds is 2. The summed E-state index contributed by atoms with van der Waals surface area (Å²) in [6.45, 7) is 1.77. The minimum absolute atomic E-state index is 0.104. The summed E-state index contributed by atoms with van der Waals surface area (Å²) >= 11 is 5.82. The van der Waals surface area contributed by atoms with Crippen LogP contribution in [0.4, 0.5) is 11.8 Å². The van der Waals surface area contributed by atoms with Crippen LogP contribution in [0.2, 0.25) is 5.15 Å². The molecule has 0 amide bonds. The Morgan fingerprint density at radius 1 is 1.33 bits per heavy atom. The van der Waals surface area contributed by atoms with Crippen molar-refractivity contribution in [1.29, 1.82) is 0 Å². The fraction of sp³-hybridized carbons (Fsp3) is 0.444. The summed E-state index contributed by atoms with van der Waals surface area (Å²) < 4.78 is 0. The average molecular weight is 227 g/mol. The molecule has 0 unspecified atom stereocenters. The Bertz CT molecular complexity index is 390. The van der Waals surface area contributed by atoms with Crippen molar-refractivity contribution in [2.45, 2.75) is 12.8 Å². The largest absolute Gasteiger partial charge is 0.368 e. The second-order valence-electron chi connectivity index (χ2n) is 3.42. The molecule has 15 heavy (non-hydrogen) atoms. The van der Waals surface area contributed by atoms with E-state index in [1.807, 2.05) is 4.90 Å². The number of carbonyl (C=O) groups is 1. The van der Waals surface area contributed by atoms with Gasteiger partial charge in [0.05, 0.1) is 5.56 Å². The van der Waals surface area contributed by atoms with Crippen LogP contribution in [0, 0.1) is 0 Å². The van der Waals surface area contributed by atoms with Crippen molar-refractivity contribution >= 4 is 29.7 Å². The van der Waals surface area contributed by atoms with Gasteiger partial charge in [0.2, 0.25) is 5.95 Å². The predicted molar refractivity (Wildman–Crippen MR) is 58.3 cm³/mol. The predicted octanol–water partition coefficient (Wildman–Crippen LogP) is 1.12. The summed E-state index contributed by atoms with van der Waals surface area (Å²) in [7, 11) is 0. The van der Waals surface area contributed by atoms with Crippen molar-refractivity contribution in [2.75, 3.05) is 23.7 Å². The maximum Gasteiger partial charge on any atom is 0.223 e. The highest BCUT2D eigenvalue weighted by molar-refractivity contribution is 6.32. The fourth-order valence-electron chi connectivity index (χ4n) is 1.72. The van der Waals surface area contributed by atoms with Crippen LogP contribution in [0.25, 0.3) is 0 Å². The van der Waals surface area contributed by atoms with Gasteiger partial charge >= 0.3 is 0 Å². The van der Waals surface area contributed by atoms with E-state index in [0.717, 1.165) is 25.9 Å². The third kappa shape index (κ3) is 1.87. The van der Waals surface area contributed by atoms with Crippen molar-refractivity contribution < 1.29 is 4.79 Å². The third-order valence-electron chi connectivity index (χ3n) is 2.42. The molecule has 0 aromatic carbocycles. The number of halogens is 1. The number of hydrogen-bond acceptors (Lipinski definition) is 5. The summed E-state index contributed by atoms with van der Waals surface area (Å²) in [5, 5.41) is 0.124. The molecule has 0 atom stereocenters. The monoisotopic (exact) mass is 226 g/mol. The lowest BCUT2D eigenvalue weighted by Crippen LogP contribution is -2.21. The molecule has 80 valence electrons. The topological polar surface area (TPSA) is 72.1 Å². The lowest BCUT2D eigenvalue weighted by molar-refractivity contribution is 0.112. The van der Waals surface area contributed by atoms with E-state index in [0.29, 0.717) is 17.7 Å². The Balaban J connectivity index is 2.47. The van der Waals surface area contributed by atoms with Crippen molar-refractivity contribution in [1.82, 2.24) is 9.97 Å². The van der Waals surface area contributed by atoms with E-state index in [2.05, 4.69) is 9.97 Å². The molecule has 2 rings (SSSR count). The Kier molecular flexibility index (Phi) is 2.73. The van der Waals surface area contributed by atoms with Gasteiger partial charge in [-0.1, -0.05) is 11.6 Å². The molecular formula is C9H11ClN4O. The van der Waals surface area contributed by atoms with Gasteiger partial charge in [-0.25, -0.2) is 4.98 Å². The van der Waals surface area contributed by atoms with Crippen LogP contribution >= 0.6 is 11.6 Å². The summed E-state index contributed by atoms with van der Waals surface area (Å²) in [6, 6.07) is 0. The van der Waals surface area contributed by atoms with Gasteiger partial charge in [-0.15, -0.1) is 0 Å². The van der Waals surface area contributed by atoms with Gasteiger partial charge in [-0.05, 0) is 12.8 Å². The van der Waals surface area contributed by atoms with Crippen molar-refractivity contribution in [3.63, 3.8) is 0 Å². The van der Waals surface area contributed by atoms with Gasteiger partial charge in [0.25, 0.3) is 0 Å². The Hall–Kier alpha value is -1.36. The van der Waals surface area contributed by atoms with Gasteiger partial charge in [-0.2, -0.15) is 4.98 Å². The first-order valence-electron chi connectivity index (χ1n) is 4.75. The van der Waals surface area contributed by atoms with Crippen LogP contribution < -0.4 is 10.6 Å². The minimum atomic E-state index is 0.104. The molecule has 1 aliphatic heterocycles. The molecule has 5 nitrogen and oxygen atoms in total. The molecule has 0 radical (unpaired) electrons. The lowest BCUT2D eigenvalue weighted by Gasteiger charge is -2.18. The van der Waals surface area contributed by atoms with Crippen LogP contribution in [-0.2, 0) is 0 Å². The van der Waals surface area contributed by atoms with Crippen LogP contribution in [0.3, 0.4) is 0 Å². The third-order valence-corrected chi connectivity index (χ3v) is 2.71. The summed E-state index contributed by atoms with van der Waals surface area (Å²) in [5.41, 5.74) is 5.83. The molecular weight excluding hydrogens is 216 g/mol. The van der Waals surface area contributed by atoms with Gasteiger partial charge in [0.1, 0.15) is 11.0 Å². The molecule has 0 aliphatic carbocycles. The van der Waals surface area contributed by atoms with Crippen LogP contribution in [0.1, 0.15) is 23.2 Å². The number of carbonyl (C=O) groups excluding carboxylic acids is 1. The van der Waals surface area contributed by atoms with Crippen LogP contribution in [-0.4, -0.2) is 29.3 Å². The van der Waals surface area contributed by atoms with Crippen molar-refractivity contribution in [3.05, 3.63) is 10.7 Å². The van der Waals surface area contributed by atoms with Crippen molar-refractivity contribution in [3.8, 4) is 0 Å². The highest BCUT2D eigenvalue weighted by atomic mass is 35.5. The van der Waals surface area contributed by atoms with E-state index < -0.39 is 0 Å². The molecule has 0 saturated carbocycles. The average Bonchev–Trinajstić information content (AvgIpc) is 2.69. The molecule has 6 heteroatoms. The number of anilines is 2. The number of nitrogen functional groups attached to an aromatic ring is 1. The highest BCUT2D eigenvalue weighted by Gasteiger charge is 2.20. The van der Waals surface area contributed by atoms with E-state index in [-0.39, 0.29) is 11.1 Å². The van der Waals surface area contributed by atoms with Gasteiger partial charge in [0.15, 0.2) is 6.29 Å². The first-order chi connectivity index (χ1) is 7.22. The number of hydrogen-bond donors (Lipinski definition) is 1. The Labute approximate surface area is 92.3 Å². The molecule has 1 aromatic rings. The smallest absolute Gasteiger partial charge is 0.223 e. The number of nitrogens with two attached hydrogens (primary N) is 1. The normalized spacial score (nSPS) is 15.7. The summed E-state index contributed by atoms with van der Waals surface area (Å²) in [5.74, 6) is 0.660. The Morgan fingerprint density at radius 3 is 2.60 bits per heavy atom. The zero-order chi connectivity index (χ0) is 10.8. The molecule has 1 fully saturated rings. The van der Waals surface area contributed by atoms with Crippen LogP contribution in [0.5, 0.6) is 0 Å². The molecule has 1 aromatic heterocycles. The van der Waals surface area contributed by atoms with E-state index in [9.17, 15) is 4.79 Å². The molecule has 0 bridgehead atoms. The van der Waals surface area contributed by atoms with E-state index in [1.165, 1.54) is 0 Å². The molecule has 1 aliphatic rings. The maximum absolute atomic E-state index is 10.9. The van der Waals surface area contributed by atoms with E-state index >= 15 is 0 Å². The quantitative estimate of drug-likeness (QED) is 0.605. The molecule has 2 heterocycles. The van der Waals surface area contributed by atoms with Gasteiger partial charge < -0.3 is 10.6 Å². The molecule has 2 N–H and O–H groups in total. The second-order valence-corrected chi connectivity index (χ2v) is 3.78. The standard InChI is InChI=1S/C9H11ClN4O/c10-7-6(5-15)8(13-9(11)12-7)14-3-1-2-4-14/h5H,1-4H2,(H2,11,12,13). The van der Waals surface area contributed by atoms with E-state index in [1.54, 1.807) is 0 Å². The second kappa shape index (κ2) is 4.02. The maximum atomic E-state index is 10.9. The lowest BCUT2D eigenvalue weighted by atomic mass is 10.3. The van der Waals surface area contributed by atoms with Gasteiger partial charge in [-0.3, -0.25) is 4.79 Å². The zero-order valence-corrected chi connectivity index (χ0v) is 8.87. The SMILES string of the molecule is Nc1nc(Cl)c(C=O)c(N2CCCC2)n1. The molecule has 0 spiro atoms.